The number of carbonyl (C=O) groups is 3. The fraction of sp³-hybridized carbons (Fsp3) is 0.108. The van der Waals surface area contributed by atoms with Crippen molar-refractivity contribution < 1.29 is 65.6 Å². The summed E-state index contributed by atoms with van der Waals surface area (Å²) in [5.74, 6) is 1.88. The Labute approximate surface area is 319 Å². The van der Waals surface area contributed by atoms with Gasteiger partial charge in [0.2, 0.25) is 0 Å². The maximum atomic E-state index is 9.84. The van der Waals surface area contributed by atoms with Crippen molar-refractivity contribution in [2.75, 3.05) is 0 Å². The van der Waals surface area contributed by atoms with E-state index < -0.39 is 0 Å². The topological polar surface area (TPSA) is 51.2 Å². The second kappa shape index (κ2) is 44.4. The molecule has 30 radical (unpaired) electrons. The van der Waals surface area contributed by atoms with Crippen LogP contribution in [-0.2, 0) is 65.6 Å². The van der Waals surface area contributed by atoms with Crippen LogP contribution in [0.5, 0.6) is 0 Å². The first-order valence-corrected chi connectivity index (χ1v) is 15.1. The van der Waals surface area contributed by atoms with Crippen LogP contribution >= 0.6 is 0 Å². The second-order valence-corrected chi connectivity index (χ2v) is 9.15. The summed E-state index contributed by atoms with van der Waals surface area (Å²) in [5.41, 5.74) is 0. The average molecular weight is 815 g/mol. The van der Waals surface area contributed by atoms with Gasteiger partial charge in [-0.05, 0) is 96.3 Å². The number of carbonyl (C=O) groups excluding carboxylic acids is 3. The summed E-state index contributed by atoms with van der Waals surface area (Å²) >= 11 is 1.68. The van der Waals surface area contributed by atoms with Gasteiger partial charge >= 0.3 is 97.9 Å². The molecule has 3 nitrogen and oxygen atoms in total. The summed E-state index contributed by atoms with van der Waals surface area (Å²) in [6.07, 6.45) is 58.9. The molecule has 0 unspecified atom stereocenters. The van der Waals surface area contributed by atoms with Gasteiger partial charge in [0.05, 0.1) is 18.9 Å². The molecular weight excluding hydrogens is 779 g/mol. The third kappa shape index (κ3) is 37.8. The van der Waals surface area contributed by atoms with Crippen molar-refractivity contribution in [2.45, 2.75) is 24.2 Å². The molecule has 0 N–H and O–H groups in total. The van der Waals surface area contributed by atoms with Crippen molar-refractivity contribution >= 4 is 41.4 Å². The zero-order valence-electron chi connectivity index (χ0n) is 24.5. The van der Waals surface area contributed by atoms with Crippen LogP contribution in [0.1, 0.15) is 19.8 Å². The van der Waals surface area contributed by atoms with Crippen molar-refractivity contribution in [3.63, 3.8) is 0 Å². The third-order valence-electron chi connectivity index (χ3n) is 4.44. The van der Waals surface area contributed by atoms with Crippen molar-refractivity contribution in [2.24, 2.45) is 0 Å². The molecule has 0 aliphatic heterocycles. The maximum absolute atomic E-state index is 9.84. The Balaban J connectivity index is -0.000000211. The second-order valence-electron chi connectivity index (χ2n) is 7.72. The molecule has 44 heavy (non-hydrogen) atoms. The van der Waals surface area contributed by atoms with Crippen LogP contribution in [0.25, 0.3) is 0 Å². The summed E-state index contributed by atoms with van der Waals surface area (Å²) in [5, 5.41) is 0. The molecule has 224 valence electrons. The smallest absolute Gasteiger partial charge is 0.463 e. The van der Waals surface area contributed by atoms with Crippen LogP contribution in [-0.4, -0.2) is 41.4 Å². The Kier molecular flexibility index (Phi) is 52.6. The summed E-state index contributed by atoms with van der Waals surface area (Å²) in [4.78, 5) is 29.5. The Hall–Kier alpha value is 1.37. The van der Waals surface area contributed by atoms with Crippen LogP contribution < -0.4 is 0 Å². The van der Waals surface area contributed by atoms with E-state index in [-0.39, 0.29) is 51.2 Å². The van der Waals surface area contributed by atoms with Crippen molar-refractivity contribution in [1.82, 2.24) is 0 Å². The standard InChI is InChI=1S/3C6H4O.3C5H5.C4H9.3Fe.Sn/c3*7-5-6-3-1-2-4-6;3*1-2-4-5-3-1;1-3-4-2;;;;/h3*1-3,5H;3*1-5H;1,3-4H2,2H3;;;;/q3*-1;;;;;3*+2;+3. The Morgan fingerprint density at radius 3 is 0.773 bits per heavy atom. The zero-order valence-corrected chi connectivity index (χ0v) is 30.7. The minimum absolute atomic E-state index is 0. The van der Waals surface area contributed by atoms with Crippen LogP contribution in [0, 0.1) is 191 Å². The predicted molar refractivity (Wildman–Crippen MR) is 166 cm³/mol. The molecule has 7 heteroatoms. The molecule has 6 rings (SSSR count). The molecule has 0 aromatic rings. The molecule has 0 aromatic carbocycles. The number of hydrogen-bond acceptors (Lipinski definition) is 3. The third-order valence-corrected chi connectivity index (χ3v) is 5.45. The maximum Gasteiger partial charge on any atom is 2.00 e. The first-order valence-electron chi connectivity index (χ1n) is 13.1. The normalized spacial score (nSPS) is 20.1. The summed E-state index contributed by atoms with van der Waals surface area (Å²) in [6, 6.07) is 0. The summed E-state index contributed by atoms with van der Waals surface area (Å²) < 4.78 is 1.43. The minimum Gasteiger partial charge on any atom is -0.463 e. The van der Waals surface area contributed by atoms with Gasteiger partial charge in [0.25, 0.3) is 0 Å². The van der Waals surface area contributed by atoms with Gasteiger partial charge in [0, 0.05) is 0 Å². The van der Waals surface area contributed by atoms with E-state index in [1.165, 1.54) is 17.3 Å². The van der Waals surface area contributed by atoms with Gasteiger partial charge in [-0.2, -0.15) is 0 Å². The molecule has 0 aromatic heterocycles. The van der Waals surface area contributed by atoms with E-state index >= 15 is 0 Å². The molecule has 0 bridgehead atoms. The van der Waals surface area contributed by atoms with Gasteiger partial charge in [-0.3, -0.25) is 0 Å². The molecule has 0 spiro atoms. The zero-order chi connectivity index (χ0) is 30.1. The Morgan fingerprint density at radius 1 is 0.477 bits per heavy atom. The molecular formula is C37H36Fe3O3Sn+6. The molecule has 6 saturated carbocycles. The first-order chi connectivity index (χ1) is 20.2. The van der Waals surface area contributed by atoms with E-state index in [2.05, 4.69) is 26.2 Å². The fourth-order valence-corrected chi connectivity index (χ4v) is 3.40. The Bertz CT molecular complexity index is 442. The summed E-state index contributed by atoms with van der Waals surface area (Å²) in [7, 11) is 0. The van der Waals surface area contributed by atoms with Crippen molar-refractivity contribution in [3.8, 4) is 0 Å². The van der Waals surface area contributed by atoms with Gasteiger partial charge in [-0.1, -0.05) is 38.5 Å². The van der Waals surface area contributed by atoms with Gasteiger partial charge in [0.1, 0.15) is 0 Å². The van der Waals surface area contributed by atoms with E-state index in [1.54, 1.807) is 80.3 Å². The average Bonchev–Trinajstić information content (AvgIpc) is 3.90. The predicted octanol–water partition coefficient (Wildman–Crippen LogP) is 5.83. The van der Waals surface area contributed by atoms with E-state index in [9.17, 15) is 14.4 Å². The molecule has 0 saturated heterocycles. The van der Waals surface area contributed by atoms with Crippen molar-refractivity contribution in [3.05, 3.63) is 191 Å². The number of hydrogen-bond donors (Lipinski definition) is 0. The summed E-state index contributed by atoms with van der Waals surface area (Å²) in [6.45, 7) is 2.23. The molecule has 0 atom stereocenters. The van der Waals surface area contributed by atoms with Crippen LogP contribution in [0.4, 0.5) is 0 Å². The van der Waals surface area contributed by atoms with E-state index in [4.69, 9.17) is 0 Å². The van der Waals surface area contributed by atoms with E-state index in [0.29, 0.717) is 17.8 Å². The van der Waals surface area contributed by atoms with Gasteiger partial charge in [0.15, 0.2) is 0 Å². The van der Waals surface area contributed by atoms with Gasteiger partial charge < -0.3 is 33.6 Å². The number of rotatable bonds is 5. The van der Waals surface area contributed by atoms with Gasteiger partial charge in [-0.25, -0.2) is 19.3 Å². The molecule has 6 fully saturated rings. The van der Waals surface area contributed by atoms with Crippen LogP contribution in [0.3, 0.4) is 0 Å². The van der Waals surface area contributed by atoms with Crippen LogP contribution in [0.15, 0.2) is 0 Å². The SMILES string of the molecule is CCC[CH2][Sn+3].O=C[C]1[C-][CH][CH][CH]1.O=C[C]1[C-][CH][CH][CH]1.O=C[C]1[C-][CH][CH][CH]1.[CH]1[CH][CH][CH][CH]1.[CH]1[CH][CH][CH][CH]1.[CH]1[CH][CH][CH][CH]1.[Fe+2].[Fe+2].[Fe+2]. The Morgan fingerprint density at radius 2 is 0.705 bits per heavy atom. The fourth-order valence-electron chi connectivity index (χ4n) is 2.39. The number of aldehydes is 3. The van der Waals surface area contributed by atoms with E-state index in [1.807, 2.05) is 96.3 Å². The molecule has 0 amide bonds. The molecule has 6 aliphatic rings. The number of unbranched alkanes of at least 4 members (excludes halogenated alkanes) is 1. The minimum atomic E-state index is 0. The van der Waals surface area contributed by atoms with E-state index in [0.717, 1.165) is 18.9 Å². The monoisotopic (exact) mass is 816 g/mol. The van der Waals surface area contributed by atoms with Crippen LogP contribution in [0.2, 0.25) is 4.44 Å². The molecule has 6 aliphatic carbocycles. The largest absolute Gasteiger partial charge is 2.00 e. The van der Waals surface area contributed by atoms with Crippen molar-refractivity contribution in [1.29, 1.82) is 0 Å². The first kappa shape index (κ1) is 52.2. The quantitative estimate of drug-likeness (QED) is 0.200. The molecule has 0 heterocycles. The van der Waals surface area contributed by atoms with Gasteiger partial charge in [-0.15, -0.1) is 17.8 Å².